The van der Waals surface area contributed by atoms with Crippen molar-refractivity contribution in [2.45, 2.75) is 37.7 Å². The van der Waals surface area contributed by atoms with Gasteiger partial charge in [-0.05, 0) is 49.9 Å². The van der Waals surface area contributed by atoms with Crippen LogP contribution in [-0.2, 0) is 4.74 Å². The lowest BCUT2D eigenvalue weighted by molar-refractivity contribution is 0.102. The maximum atomic E-state index is 12.5. The standard InChI is InChI=1S/C21H27N5O4S/c1-29-16-6-4-15(5-7-16)23-18(27)20-25-24-19(31-20)14-8-10-26(11-9-14)21(28)22-13-17-3-2-12-30-17/h4-7,14,17H,2-3,8-13H2,1H3,(H,22,28)(H,23,27)/t17-/m1/s1. The predicted octanol–water partition coefficient (Wildman–Crippen LogP) is 2.87. The van der Waals surface area contributed by atoms with Crippen LogP contribution in [-0.4, -0.2) is 66.5 Å². The van der Waals surface area contributed by atoms with E-state index < -0.39 is 0 Å². The Morgan fingerprint density at radius 3 is 2.65 bits per heavy atom. The third-order valence-corrected chi connectivity index (χ3v) is 6.70. The summed E-state index contributed by atoms with van der Waals surface area (Å²) in [5, 5.41) is 15.3. The molecule has 1 atom stereocenters. The van der Waals surface area contributed by atoms with Gasteiger partial charge in [-0.25, -0.2) is 4.79 Å². The fraction of sp³-hybridized carbons (Fsp3) is 0.524. The van der Waals surface area contributed by atoms with Crippen LogP contribution >= 0.6 is 11.3 Å². The number of likely N-dealkylation sites (tertiary alicyclic amines) is 1. The summed E-state index contributed by atoms with van der Waals surface area (Å²) in [5.41, 5.74) is 0.671. The predicted molar refractivity (Wildman–Crippen MR) is 117 cm³/mol. The van der Waals surface area contributed by atoms with E-state index in [0.717, 1.165) is 43.0 Å². The molecule has 3 heterocycles. The quantitative estimate of drug-likeness (QED) is 0.708. The van der Waals surface area contributed by atoms with Gasteiger partial charge in [-0.3, -0.25) is 4.79 Å². The summed E-state index contributed by atoms with van der Waals surface area (Å²) in [7, 11) is 1.60. The number of urea groups is 1. The van der Waals surface area contributed by atoms with Gasteiger partial charge in [0.05, 0.1) is 13.2 Å². The molecule has 2 aromatic rings. The van der Waals surface area contributed by atoms with Gasteiger partial charge in [0.2, 0.25) is 5.01 Å². The summed E-state index contributed by atoms with van der Waals surface area (Å²) in [6.07, 6.45) is 3.83. The number of nitrogens with zero attached hydrogens (tertiary/aromatic N) is 3. The van der Waals surface area contributed by atoms with E-state index in [1.807, 2.05) is 4.90 Å². The number of nitrogens with one attached hydrogen (secondary N) is 2. The fourth-order valence-corrected chi connectivity index (χ4v) is 4.71. The Hall–Kier alpha value is -2.72. The fourth-order valence-electron chi connectivity index (χ4n) is 3.80. The van der Waals surface area contributed by atoms with E-state index in [4.69, 9.17) is 9.47 Å². The first-order chi connectivity index (χ1) is 15.1. The molecule has 1 aromatic carbocycles. The van der Waals surface area contributed by atoms with Crippen molar-refractivity contribution in [3.05, 3.63) is 34.3 Å². The number of hydrogen-bond acceptors (Lipinski definition) is 7. The lowest BCUT2D eigenvalue weighted by Gasteiger charge is -2.31. The highest BCUT2D eigenvalue weighted by molar-refractivity contribution is 7.13. The number of amides is 3. The second kappa shape index (κ2) is 10.1. The minimum Gasteiger partial charge on any atom is -0.497 e. The number of aromatic nitrogens is 2. The first-order valence-corrected chi connectivity index (χ1v) is 11.4. The Balaban J connectivity index is 1.25. The highest BCUT2D eigenvalue weighted by Gasteiger charge is 2.27. The minimum absolute atomic E-state index is 0.0363. The SMILES string of the molecule is COc1ccc(NC(=O)c2nnc(C3CCN(C(=O)NC[C@H]4CCCO4)CC3)s2)cc1. The summed E-state index contributed by atoms with van der Waals surface area (Å²) < 4.78 is 10.7. The zero-order valence-electron chi connectivity index (χ0n) is 17.5. The normalized spacial score (nSPS) is 19.3. The Kier molecular flexibility index (Phi) is 6.98. The lowest BCUT2D eigenvalue weighted by atomic mass is 9.98. The molecule has 31 heavy (non-hydrogen) atoms. The zero-order chi connectivity index (χ0) is 21.6. The zero-order valence-corrected chi connectivity index (χ0v) is 18.3. The molecule has 2 saturated heterocycles. The molecule has 0 unspecified atom stereocenters. The molecule has 4 rings (SSSR count). The van der Waals surface area contributed by atoms with Crippen LogP contribution in [0.3, 0.4) is 0 Å². The molecule has 166 valence electrons. The summed E-state index contributed by atoms with van der Waals surface area (Å²) in [6.45, 7) is 2.68. The number of methoxy groups -OCH3 is 1. The van der Waals surface area contributed by atoms with Crippen molar-refractivity contribution >= 4 is 29.0 Å². The minimum atomic E-state index is -0.278. The maximum absolute atomic E-state index is 12.5. The smallest absolute Gasteiger partial charge is 0.317 e. The number of piperidine rings is 1. The summed E-state index contributed by atoms with van der Waals surface area (Å²) >= 11 is 1.32. The number of carbonyl (C=O) groups is 2. The number of ether oxygens (including phenoxy) is 2. The van der Waals surface area contributed by atoms with Crippen LogP contribution in [0.15, 0.2) is 24.3 Å². The molecule has 0 saturated carbocycles. The Bertz CT molecular complexity index is 889. The third kappa shape index (κ3) is 5.50. The molecule has 2 fully saturated rings. The molecular formula is C21H27N5O4S. The van der Waals surface area contributed by atoms with Gasteiger partial charge in [0, 0.05) is 37.8 Å². The van der Waals surface area contributed by atoms with Crippen LogP contribution in [0.1, 0.15) is 46.4 Å². The van der Waals surface area contributed by atoms with Crippen molar-refractivity contribution in [1.29, 1.82) is 0 Å². The van der Waals surface area contributed by atoms with Crippen molar-refractivity contribution in [3.63, 3.8) is 0 Å². The molecule has 0 aliphatic carbocycles. The number of carbonyl (C=O) groups excluding carboxylic acids is 2. The molecule has 0 spiro atoms. The highest BCUT2D eigenvalue weighted by Crippen LogP contribution is 2.30. The Morgan fingerprint density at radius 2 is 1.97 bits per heavy atom. The number of rotatable bonds is 6. The molecule has 2 N–H and O–H groups in total. The molecular weight excluding hydrogens is 418 g/mol. The Morgan fingerprint density at radius 1 is 1.19 bits per heavy atom. The van der Waals surface area contributed by atoms with Crippen LogP contribution in [0.5, 0.6) is 5.75 Å². The first kappa shape index (κ1) is 21.5. The largest absolute Gasteiger partial charge is 0.497 e. The van der Waals surface area contributed by atoms with E-state index >= 15 is 0 Å². The number of benzene rings is 1. The van der Waals surface area contributed by atoms with Crippen molar-refractivity contribution in [2.24, 2.45) is 0 Å². The molecule has 3 amide bonds. The van der Waals surface area contributed by atoms with Crippen LogP contribution in [0, 0.1) is 0 Å². The molecule has 10 heteroatoms. The Labute approximate surface area is 185 Å². The van der Waals surface area contributed by atoms with E-state index in [0.29, 0.717) is 30.3 Å². The number of hydrogen-bond donors (Lipinski definition) is 2. The van der Waals surface area contributed by atoms with Crippen LogP contribution < -0.4 is 15.4 Å². The van der Waals surface area contributed by atoms with E-state index in [2.05, 4.69) is 20.8 Å². The van der Waals surface area contributed by atoms with E-state index in [9.17, 15) is 9.59 Å². The second-order valence-electron chi connectivity index (χ2n) is 7.71. The van der Waals surface area contributed by atoms with Gasteiger partial charge in [-0.15, -0.1) is 10.2 Å². The topological polar surface area (TPSA) is 106 Å². The average Bonchev–Trinajstić information content (AvgIpc) is 3.50. The van der Waals surface area contributed by atoms with Gasteiger partial charge < -0.3 is 25.0 Å². The molecule has 0 bridgehead atoms. The number of anilines is 1. The van der Waals surface area contributed by atoms with Gasteiger partial charge in [-0.2, -0.15) is 0 Å². The van der Waals surface area contributed by atoms with E-state index in [1.165, 1.54) is 11.3 Å². The molecule has 1 aromatic heterocycles. The van der Waals surface area contributed by atoms with Crippen LogP contribution in [0.4, 0.5) is 10.5 Å². The summed E-state index contributed by atoms with van der Waals surface area (Å²) in [6, 6.07) is 7.08. The van der Waals surface area contributed by atoms with Gasteiger partial charge in [0.25, 0.3) is 5.91 Å². The third-order valence-electron chi connectivity index (χ3n) is 5.62. The van der Waals surface area contributed by atoms with Crippen molar-refractivity contribution < 1.29 is 19.1 Å². The molecule has 2 aliphatic heterocycles. The van der Waals surface area contributed by atoms with Gasteiger partial charge in [-0.1, -0.05) is 11.3 Å². The first-order valence-electron chi connectivity index (χ1n) is 10.6. The lowest BCUT2D eigenvalue weighted by Crippen LogP contribution is -2.46. The van der Waals surface area contributed by atoms with Crippen molar-refractivity contribution in [3.8, 4) is 5.75 Å². The summed E-state index contributed by atoms with van der Waals surface area (Å²) in [4.78, 5) is 26.7. The van der Waals surface area contributed by atoms with Crippen molar-refractivity contribution in [2.75, 3.05) is 38.7 Å². The molecule has 0 radical (unpaired) electrons. The average molecular weight is 446 g/mol. The van der Waals surface area contributed by atoms with E-state index in [-0.39, 0.29) is 24.0 Å². The van der Waals surface area contributed by atoms with Crippen LogP contribution in [0.2, 0.25) is 0 Å². The monoisotopic (exact) mass is 445 g/mol. The highest BCUT2D eigenvalue weighted by atomic mass is 32.1. The maximum Gasteiger partial charge on any atom is 0.317 e. The van der Waals surface area contributed by atoms with E-state index in [1.54, 1.807) is 31.4 Å². The van der Waals surface area contributed by atoms with Gasteiger partial charge in [0.15, 0.2) is 0 Å². The van der Waals surface area contributed by atoms with Gasteiger partial charge in [0.1, 0.15) is 10.8 Å². The second-order valence-corrected chi connectivity index (χ2v) is 8.72. The summed E-state index contributed by atoms with van der Waals surface area (Å²) in [5.74, 6) is 0.658. The molecule has 9 nitrogen and oxygen atoms in total. The van der Waals surface area contributed by atoms with Gasteiger partial charge >= 0.3 is 6.03 Å². The van der Waals surface area contributed by atoms with Crippen LogP contribution in [0.25, 0.3) is 0 Å². The van der Waals surface area contributed by atoms with Crippen molar-refractivity contribution in [1.82, 2.24) is 20.4 Å². The molecule has 2 aliphatic rings.